The monoisotopic (exact) mass is 1160 g/mol. The summed E-state index contributed by atoms with van der Waals surface area (Å²) in [6, 6.07) is 43.1. The number of benzene rings is 4. The van der Waals surface area contributed by atoms with Crippen molar-refractivity contribution in [3.05, 3.63) is 224 Å². The van der Waals surface area contributed by atoms with E-state index in [1.54, 1.807) is 0 Å². The van der Waals surface area contributed by atoms with Gasteiger partial charge < -0.3 is 10.2 Å². The number of aliphatic hydroxyl groups excluding tert-OH is 2. The van der Waals surface area contributed by atoms with E-state index in [1.165, 1.54) is 32.5 Å². The molecule has 282 valence electrons. The SMILES string of the molecule is CO.CO.[C-]#[O+].[C-]#[O+].[C-]#[O+].[C-]#[O+].[C-]#[O+].[C-]#[O+].[CH]1[CH][CH][C](P(c2ccccc2)c2ccccc2)[CH]1.[CH]1[CH][CH][C](P(c2ccccc2)c2ccccc2)[CH]1.[Fe+2].[Re].[Re]. The molecule has 13 heteroatoms. The van der Waals surface area contributed by atoms with Crippen molar-refractivity contribution in [2.24, 2.45) is 0 Å². The third-order valence-electron chi connectivity index (χ3n) is 5.86. The maximum Gasteiger partial charge on any atom is 2.00 e. The summed E-state index contributed by atoms with van der Waals surface area (Å²) >= 11 is 0. The minimum Gasteiger partial charge on any atom is -0.0622 e. The molecule has 0 atom stereocenters. The van der Waals surface area contributed by atoms with E-state index < -0.39 is 15.8 Å². The summed E-state index contributed by atoms with van der Waals surface area (Å²) in [5.74, 6) is 0. The largest absolute Gasteiger partial charge is 2.00 e. The van der Waals surface area contributed by atoms with Gasteiger partial charge in [0, 0.05) is 66.4 Å². The smallest absolute Gasteiger partial charge is 0.0622 e. The van der Waals surface area contributed by atoms with Crippen LogP contribution in [0, 0.1) is 103 Å². The van der Waals surface area contributed by atoms with Crippen molar-refractivity contribution in [3.63, 3.8) is 0 Å². The van der Waals surface area contributed by atoms with Gasteiger partial charge in [0.2, 0.25) is 0 Å². The van der Waals surface area contributed by atoms with Crippen molar-refractivity contribution < 1.29 is 96.0 Å². The van der Waals surface area contributed by atoms with Crippen LogP contribution >= 0.6 is 15.8 Å². The molecule has 0 amide bonds. The molecule has 0 aromatic heterocycles. The van der Waals surface area contributed by atoms with Gasteiger partial charge in [-0.15, -0.1) is 0 Å². The molecule has 6 rings (SSSR count). The predicted molar refractivity (Wildman–Crippen MR) is 199 cm³/mol. The van der Waals surface area contributed by atoms with Gasteiger partial charge >= 0.3 is 84.9 Å². The molecular weight excluding hydrogens is 1120 g/mol. The Hall–Kier alpha value is -2.06. The molecule has 0 spiro atoms. The Balaban J connectivity index is -0.000000118. The molecule has 12 radical (unpaired) electrons. The van der Waals surface area contributed by atoms with Gasteiger partial charge in [0.15, 0.2) is 0 Å². The second-order valence-electron chi connectivity index (χ2n) is 8.30. The summed E-state index contributed by atoms with van der Waals surface area (Å²) in [6.45, 7) is 27.0. The maximum atomic E-state index is 7.50. The molecule has 2 aliphatic rings. The fourth-order valence-corrected chi connectivity index (χ4v) is 8.84. The Morgan fingerprint density at radius 2 is 0.473 bits per heavy atom. The Kier molecular flexibility index (Phi) is 66.5. The van der Waals surface area contributed by atoms with Gasteiger partial charge in [-0.2, -0.15) is 0 Å². The molecule has 2 fully saturated rings. The summed E-state index contributed by atoms with van der Waals surface area (Å²) in [7, 11) is 1.18. The Bertz CT molecular complexity index is 1230. The van der Waals surface area contributed by atoms with Gasteiger partial charge in [0.25, 0.3) is 0 Å². The van der Waals surface area contributed by atoms with E-state index in [4.69, 9.17) is 38.1 Å². The van der Waals surface area contributed by atoms with Crippen molar-refractivity contribution in [1.29, 1.82) is 0 Å². The van der Waals surface area contributed by atoms with Crippen LogP contribution in [0.3, 0.4) is 0 Å². The molecule has 2 saturated carbocycles. The van der Waals surface area contributed by atoms with Crippen LogP contribution in [0.15, 0.2) is 121 Å². The van der Waals surface area contributed by atoms with Crippen molar-refractivity contribution in [2.75, 3.05) is 14.2 Å². The first-order valence-electron chi connectivity index (χ1n) is 14.3. The van der Waals surface area contributed by atoms with E-state index in [1.807, 2.05) is 0 Å². The summed E-state index contributed by atoms with van der Waals surface area (Å²) < 4.78 is 45.0. The van der Waals surface area contributed by atoms with E-state index in [-0.39, 0.29) is 57.9 Å². The zero-order chi connectivity index (χ0) is 40.4. The second kappa shape index (κ2) is 54.0. The molecule has 0 heterocycles. The topological polar surface area (TPSA) is 160 Å². The predicted octanol–water partition coefficient (Wildman–Crippen LogP) is 5.95. The number of aliphatic hydroxyl groups is 2. The normalized spacial score (nSPS) is 11.1. The summed E-state index contributed by atoms with van der Waals surface area (Å²) in [6.07, 6.45) is 17.4. The Morgan fingerprint density at radius 1 is 0.327 bits per heavy atom. The quantitative estimate of drug-likeness (QED) is 0.106. The molecule has 0 unspecified atom stereocenters. The van der Waals surface area contributed by atoms with Gasteiger partial charge in [-0.1, -0.05) is 121 Å². The Morgan fingerprint density at radius 3 is 0.618 bits per heavy atom. The zero-order valence-corrected chi connectivity index (χ0v) is 37.8. The van der Waals surface area contributed by atoms with Crippen molar-refractivity contribution in [1.82, 2.24) is 0 Å². The van der Waals surface area contributed by atoms with E-state index in [0.717, 1.165) is 14.2 Å². The molecular formula is C42H36FeO8P2Re2+2. The minimum atomic E-state index is -0.409. The molecule has 0 aliphatic heterocycles. The average Bonchev–Trinajstić information content (AvgIpc) is 4.02. The maximum absolute atomic E-state index is 7.50. The van der Waals surface area contributed by atoms with Crippen molar-refractivity contribution >= 4 is 37.1 Å². The minimum absolute atomic E-state index is 0. The number of rotatable bonds is 6. The van der Waals surface area contributed by atoms with Gasteiger partial charge in [0.1, 0.15) is 0 Å². The van der Waals surface area contributed by atoms with Crippen LogP contribution in [-0.2, 0) is 85.8 Å². The first-order valence-corrected chi connectivity index (χ1v) is 16.9. The number of hydrogen-bond acceptors (Lipinski definition) is 2. The van der Waals surface area contributed by atoms with Gasteiger partial charge in [0.05, 0.1) is 0 Å². The van der Waals surface area contributed by atoms with Gasteiger partial charge in [-0.05, 0) is 88.4 Å². The van der Waals surface area contributed by atoms with Crippen LogP contribution in [0.25, 0.3) is 0 Å². The van der Waals surface area contributed by atoms with Gasteiger partial charge in [-0.3, -0.25) is 0 Å². The van der Waals surface area contributed by atoms with Crippen LogP contribution in [0.4, 0.5) is 0 Å². The van der Waals surface area contributed by atoms with Crippen LogP contribution in [0.1, 0.15) is 0 Å². The molecule has 55 heavy (non-hydrogen) atoms. The van der Waals surface area contributed by atoms with Crippen LogP contribution in [0.5, 0.6) is 0 Å². The fourth-order valence-electron chi connectivity index (χ4n) is 4.23. The van der Waals surface area contributed by atoms with Crippen molar-refractivity contribution in [3.8, 4) is 0 Å². The van der Waals surface area contributed by atoms with Crippen LogP contribution in [0.2, 0.25) is 0 Å². The third-order valence-corrected chi connectivity index (χ3v) is 10.8. The zero-order valence-electron chi connectivity index (χ0n) is 29.5. The third kappa shape index (κ3) is 28.1. The number of hydrogen-bond donors (Lipinski definition) is 2. The Labute approximate surface area is 368 Å². The second-order valence-corrected chi connectivity index (χ2v) is 12.7. The first-order chi connectivity index (χ1) is 25.9. The molecule has 8 nitrogen and oxygen atoms in total. The molecule has 0 saturated heterocycles. The van der Waals surface area contributed by atoms with E-state index in [9.17, 15) is 0 Å². The van der Waals surface area contributed by atoms with E-state index >= 15 is 0 Å². The fraction of sp³-hybridized carbons (Fsp3) is 0.0476. The molecule has 4 aromatic rings. The summed E-state index contributed by atoms with van der Waals surface area (Å²) in [5, 5.41) is 19.6. The standard InChI is InChI=1S/2C17H14P.2CH4O.6CO.Fe.2Re/c2*1-3-9-15(10-4-1)18(17-13-7-8-14-17)16-11-5-2-6-12-16;8*1-2;;;/h2*1-14H;2*2H,1H3;;;;;;;;;/q;;;;;;;;;;+2;;. The van der Waals surface area contributed by atoms with E-state index in [2.05, 4.69) is 213 Å². The summed E-state index contributed by atoms with van der Waals surface area (Å²) in [4.78, 5) is 0. The average molecular weight is 1160 g/mol. The first kappa shape index (κ1) is 67.7. The summed E-state index contributed by atoms with van der Waals surface area (Å²) in [5.41, 5.74) is 2.84. The van der Waals surface area contributed by atoms with Crippen LogP contribution in [-0.4, -0.2) is 24.4 Å². The molecule has 4 aromatic carbocycles. The van der Waals surface area contributed by atoms with E-state index in [0.29, 0.717) is 0 Å². The molecule has 2 N–H and O–H groups in total. The van der Waals surface area contributed by atoms with Crippen LogP contribution < -0.4 is 21.2 Å². The van der Waals surface area contributed by atoms with Gasteiger partial charge in [-0.25, -0.2) is 0 Å². The molecule has 2 aliphatic carbocycles. The molecule has 0 bridgehead atoms. The van der Waals surface area contributed by atoms with Crippen molar-refractivity contribution in [2.45, 2.75) is 0 Å².